The SMILES string of the molecule is Cl/C=C(/Cl)CNc1ccc2ncsc2c1. The predicted molar refractivity (Wildman–Crippen MR) is 67.9 cm³/mol. The van der Waals surface area contributed by atoms with E-state index in [1.54, 1.807) is 11.3 Å². The number of hydrogen-bond acceptors (Lipinski definition) is 3. The van der Waals surface area contributed by atoms with Crippen LogP contribution in [0.4, 0.5) is 5.69 Å². The van der Waals surface area contributed by atoms with Crippen molar-refractivity contribution in [2.45, 2.75) is 0 Å². The number of rotatable bonds is 3. The van der Waals surface area contributed by atoms with Crippen molar-refractivity contribution < 1.29 is 0 Å². The van der Waals surface area contributed by atoms with E-state index in [2.05, 4.69) is 10.3 Å². The van der Waals surface area contributed by atoms with Gasteiger partial charge in [-0.1, -0.05) is 23.2 Å². The van der Waals surface area contributed by atoms with Gasteiger partial charge in [0.15, 0.2) is 0 Å². The highest BCUT2D eigenvalue weighted by molar-refractivity contribution is 7.16. The van der Waals surface area contributed by atoms with Crippen LogP contribution in [0.5, 0.6) is 0 Å². The molecule has 78 valence electrons. The van der Waals surface area contributed by atoms with E-state index in [1.165, 1.54) is 5.54 Å². The minimum absolute atomic E-state index is 0.537. The summed E-state index contributed by atoms with van der Waals surface area (Å²) < 4.78 is 1.16. The molecule has 0 amide bonds. The van der Waals surface area contributed by atoms with Gasteiger partial charge in [0.2, 0.25) is 0 Å². The van der Waals surface area contributed by atoms with Gasteiger partial charge in [0.25, 0.3) is 0 Å². The van der Waals surface area contributed by atoms with Crippen LogP contribution in [0.2, 0.25) is 0 Å². The smallest absolute Gasteiger partial charge is 0.0813 e. The molecule has 0 atom stereocenters. The van der Waals surface area contributed by atoms with Crippen LogP contribution in [0, 0.1) is 0 Å². The molecule has 0 unspecified atom stereocenters. The Hall–Kier alpha value is -0.770. The van der Waals surface area contributed by atoms with Gasteiger partial charge >= 0.3 is 0 Å². The Bertz CT molecular complexity index is 493. The standard InChI is InChI=1S/C10H8Cl2N2S/c11-4-7(12)5-13-8-1-2-9-10(3-8)15-6-14-9/h1-4,6,13H,5H2/b7-4+. The first-order valence-corrected chi connectivity index (χ1v) is 6.01. The maximum atomic E-state index is 5.77. The van der Waals surface area contributed by atoms with Gasteiger partial charge in [-0.15, -0.1) is 11.3 Å². The Morgan fingerprint density at radius 2 is 2.40 bits per heavy atom. The lowest BCUT2D eigenvalue weighted by molar-refractivity contribution is 1.32. The zero-order valence-corrected chi connectivity index (χ0v) is 10.0. The Kier molecular flexibility index (Phi) is 3.46. The summed E-state index contributed by atoms with van der Waals surface area (Å²) in [6, 6.07) is 6.00. The molecule has 0 fully saturated rings. The molecule has 15 heavy (non-hydrogen) atoms. The summed E-state index contributed by atoms with van der Waals surface area (Å²) in [7, 11) is 0. The quantitative estimate of drug-likeness (QED) is 0.900. The molecule has 0 bridgehead atoms. The predicted octanol–water partition coefficient (Wildman–Crippen LogP) is 4.03. The molecule has 2 rings (SSSR count). The molecule has 2 nitrogen and oxygen atoms in total. The van der Waals surface area contributed by atoms with E-state index < -0.39 is 0 Å². The van der Waals surface area contributed by atoms with Crippen molar-refractivity contribution in [2.75, 3.05) is 11.9 Å². The number of anilines is 1. The molecule has 5 heteroatoms. The van der Waals surface area contributed by atoms with Gasteiger partial charge in [-0.25, -0.2) is 4.98 Å². The summed E-state index contributed by atoms with van der Waals surface area (Å²) in [5, 5.41) is 3.76. The number of nitrogens with one attached hydrogen (secondary N) is 1. The van der Waals surface area contributed by atoms with E-state index in [9.17, 15) is 0 Å². The van der Waals surface area contributed by atoms with Crippen LogP contribution in [0.3, 0.4) is 0 Å². The monoisotopic (exact) mass is 258 g/mol. The maximum absolute atomic E-state index is 5.77. The van der Waals surface area contributed by atoms with Gasteiger partial charge in [-0.3, -0.25) is 0 Å². The Labute approximate surface area is 102 Å². The molecule has 1 aromatic heterocycles. The number of thiazole rings is 1. The molecule has 1 heterocycles. The first-order chi connectivity index (χ1) is 7.29. The number of nitrogens with zero attached hydrogens (tertiary/aromatic N) is 1. The number of halogens is 2. The van der Waals surface area contributed by atoms with Crippen LogP contribution < -0.4 is 5.32 Å². The van der Waals surface area contributed by atoms with E-state index in [4.69, 9.17) is 23.2 Å². The Balaban J connectivity index is 2.14. The Morgan fingerprint density at radius 3 is 3.20 bits per heavy atom. The molecule has 0 radical (unpaired) electrons. The average molecular weight is 259 g/mol. The van der Waals surface area contributed by atoms with Crippen LogP contribution >= 0.6 is 34.5 Å². The zero-order valence-electron chi connectivity index (χ0n) is 7.71. The van der Waals surface area contributed by atoms with Crippen LogP contribution in [0.1, 0.15) is 0 Å². The molecule has 0 aliphatic rings. The average Bonchev–Trinajstić information content (AvgIpc) is 2.72. The normalized spacial score (nSPS) is 12.0. The molecular weight excluding hydrogens is 251 g/mol. The second kappa shape index (κ2) is 4.84. The van der Waals surface area contributed by atoms with E-state index in [1.807, 2.05) is 23.7 Å². The third-order valence-corrected chi connectivity index (χ3v) is 3.32. The number of aromatic nitrogens is 1. The largest absolute Gasteiger partial charge is 0.380 e. The molecule has 0 aliphatic heterocycles. The molecule has 1 N–H and O–H groups in total. The van der Waals surface area contributed by atoms with Crippen molar-refractivity contribution in [3.63, 3.8) is 0 Å². The lowest BCUT2D eigenvalue weighted by Gasteiger charge is -2.04. The summed E-state index contributed by atoms with van der Waals surface area (Å²) in [6.07, 6.45) is 0. The maximum Gasteiger partial charge on any atom is 0.0813 e. The summed E-state index contributed by atoms with van der Waals surface area (Å²) in [6.45, 7) is 0.537. The van der Waals surface area contributed by atoms with E-state index in [0.717, 1.165) is 15.9 Å². The van der Waals surface area contributed by atoms with Gasteiger partial charge < -0.3 is 5.32 Å². The fourth-order valence-corrected chi connectivity index (χ4v) is 2.05. The molecule has 0 spiro atoms. The minimum Gasteiger partial charge on any atom is -0.380 e. The molecule has 1 aromatic carbocycles. The third-order valence-electron chi connectivity index (χ3n) is 1.91. The van der Waals surface area contributed by atoms with Crippen LogP contribution in [-0.2, 0) is 0 Å². The first-order valence-electron chi connectivity index (χ1n) is 4.31. The summed E-state index contributed by atoms with van der Waals surface area (Å²) in [4.78, 5) is 4.20. The van der Waals surface area contributed by atoms with Crippen LogP contribution in [0.15, 0.2) is 34.3 Å². The van der Waals surface area contributed by atoms with Gasteiger partial charge in [0.05, 0.1) is 22.3 Å². The summed E-state index contributed by atoms with van der Waals surface area (Å²) in [5.74, 6) is 0. The number of hydrogen-bond donors (Lipinski definition) is 1. The van der Waals surface area contributed by atoms with Crippen molar-refractivity contribution >= 4 is 50.4 Å². The second-order valence-corrected chi connectivity index (χ2v) is 4.53. The zero-order chi connectivity index (χ0) is 10.7. The fourth-order valence-electron chi connectivity index (χ4n) is 1.19. The number of benzene rings is 1. The van der Waals surface area contributed by atoms with E-state index in [-0.39, 0.29) is 0 Å². The first kappa shape index (κ1) is 10.7. The second-order valence-electron chi connectivity index (χ2n) is 2.94. The Morgan fingerprint density at radius 1 is 1.53 bits per heavy atom. The lowest BCUT2D eigenvalue weighted by atomic mass is 10.3. The highest BCUT2D eigenvalue weighted by atomic mass is 35.5. The van der Waals surface area contributed by atoms with Crippen molar-refractivity contribution in [1.82, 2.24) is 4.98 Å². The van der Waals surface area contributed by atoms with Crippen LogP contribution in [-0.4, -0.2) is 11.5 Å². The van der Waals surface area contributed by atoms with Crippen molar-refractivity contribution in [3.05, 3.63) is 34.3 Å². The van der Waals surface area contributed by atoms with E-state index >= 15 is 0 Å². The molecular formula is C10H8Cl2N2S. The topological polar surface area (TPSA) is 24.9 Å². The highest BCUT2D eigenvalue weighted by Crippen LogP contribution is 2.22. The van der Waals surface area contributed by atoms with Crippen LogP contribution in [0.25, 0.3) is 10.2 Å². The summed E-state index contributed by atoms with van der Waals surface area (Å²) >= 11 is 12.8. The molecule has 2 aromatic rings. The fraction of sp³-hybridized carbons (Fsp3) is 0.100. The van der Waals surface area contributed by atoms with Gasteiger partial charge in [0, 0.05) is 16.3 Å². The minimum atomic E-state index is 0.537. The van der Waals surface area contributed by atoms with Gasteiger partial charge in [-0.2, -0.15) is 0 Å². The van der Waals surface area contributed by atoms with Crippen molar-refractivity contribution in [3.8, 4) is 0 Å². The van der Waals surface area contributed by atoms with Crippen molar-refractivity contribution in [1.29, 1.82) is 0 Å². The highest BCUT2D eigenvalue weighted by Gasteiger charge is 1.98. The van der Waals surface area contributed by atoms with Gasteiger partial charge in [-0.05, 0) is 18.2 Å². The van der Waals surface area contributed by atoms with Gasteiger partial charge in [0.1, 0.15) is 0 Å². The van der Waals surface area contributed by atoms with Crippen molar-refractivity contribution in [2.24, 2.45) is 0 Å². The van der Waals surface area contributed by atoms with E-state index in [0.29, 0.717) is 11.6 Å². The summed E-state index contributed by atoms with van der Waals surface area (Å²) in [5.41, 5.74) is 5.23. The lowest BCUT2D eigenvalue weighted by Crippen LogP contribution is -2.00. The number of fused-ring (bicyclic) bond motifs is 1. The molecule has 0 saturated heterocycles. The molecule has 0 saturated carbocycles. The molecule has 0 aliphatic carbocycles. The third kappa shape index (κ3) is 2.62.